The van der Waals surface area contributed by atoms with Gasteiger partial charge in [-0.2, -0.15) is 0 Å². The molecule has 0 saturated heterocycles. The van der Waals surface area contributed by atoms with Crippen LogP contribution in [0.2, 0.25) is 0 Å². The van der Waals surface area contributed by atoms with Crippen LogP contribution in [-0.2, 0) is 11.5 Å². The van der Waals surface area contributed by atoms with Crippen molar-refractivity contribution in [3.63, 3.8) is 0 Å². The van der Waals surface area contributed by atoms with E-state index >= 15 is 0 Å². The molecular formula is C14H17NO2S. The number of hydrogen-bond donors (Lipinski definition) is 1. The molecule has 2 aromatic rings. The average Bonchev–Trinajstić information content (AvgIpc) is 2.86. The molecule has 0 atom stereocenters. The summed E-state index contributed by atoms with van der Waals surface area (Å²) in [4.78, 5) is 0. The van der Waals surface area contributed by atoms with Crippen LogP contribution >= 0.6 is 11.8 Å². The van der Waals surface area contributed by atoms with Crippen LogP contribution in [0.15, 0.2) is 41.0 Å². The highest BCUT2D eigenvalue weighted by Crippen LogP contribution is 2.27. The molecule has 3 nitrogen and oxygen atoms in total. The lowest BCUT2D eigenvalue weighted by molar-refractivity contribution is 0.337. The number of nitrogen functional groups attached to an aromatic ring is 1. The average molecular weight is 263 g/mol. The van der Waals surface area contributed by atoms with Gasteiger partial charge in [0, 0.05) is 17.0 Å². The Balaban J connectivity index is 1.96. The van der Waals surface area contributed by atoms with Gasteiger partial charge in [-0.15, -0.1) is 11.8 Å². The van der Waals surface area contributed by atoms with E-state index in [1.54, 1.807) is 18.0 Å². The molecule has 0 saturated carbocycles. The van der Waals surface area contributed by atoms with Gasteiger partial charge in [0.05, 0.1) is 18.6 Å². The molecule has 0 unspecified atom stereocenters. The fraction of sp³-hybridized carbons (Fsp3) is 0.286. The van der Waals surface area contributed by atoms with Crippen LogP contribution in [-0.4, -0.2) is 6.61 Å². The zero-order valence-corrected chi connectivity index (χ0v) is 11.2. The SMILES string of the molecule is CCOc1ccc(N)cc1CSCc1ccco1. The van der Waals surface area contributed by atoms with Crippen molar-refractivity contribution in [1.29, 1.82) is 0 Å². The van der Waals surface area contributed by atoms with Gasteiger partial charge >= 0.3 is 0 Å². The van der Waals surface area contributed by atoms with E-state index in [1.807, 2.05) is 37.3 Å². The largest absolute Gasteiger partial charge is 0.494 e. The van der Waals surface area contributed by atoms with Gasteiger partial charge < -0.3 is 14.9 Å². The van der Waals surface area contributed by atoms with Crippen LogP contribution in [0, 0.1) is 0 Å². The third kappa shape index (κ3) is 3.47. The van der Waals surface area contributed by atoms with Crippen molar-refractivity contribution in [3.8, 4) is 5.75 Å². The maximum Gasteiger partial charge on any atom is 0.123 e. The van der Waals surface area contributed by atoms with Crippen LogP contribution in [0.25, 0.3) is 0 Å². The second kappa shape index (κ2) is 6.40. The van der Waals surface area contributed by atoms with Crippen LogP contribution in [0.4, 0.5) is 5.69 Å². The van der Waals surface area contributed by atoms with E-state index in [0.29, 0.717) is 6.61 Å². The molecule has 1 heterocycles. The third-order valence-corrected chi connectivity index (χ3v) is 3.47. The van der Waals surface area contributed by atoms with Crippen molar-refractivity contribution in [3.05, 3.63) is 47.9 Å². The Bertz CT molecular complexity index is 483. The Labute approximate surface area is 111 Å². The highest BCUT2D eigenvalue weighted by atomic mass is 32.2. The maximum absolute atomic E-state index is 5.81. The lowest BCUT2D eigenvalue weighted by atomic mass is 10.2. The number of ether oxygens (including phenoxy) is 1. The van der Waals surface area contributed by atoms with Crippen molar-refractivity contribution in [2.75, 3.05) is 12.3 Å². The van der Waals surface area contributed by atoms with E-state index < -0.39 is 0 Å². The van der Waals surface area contributed by atoms with Crippen LogP contribution < -0.4 is 10.5 Å². The summed E-state index contributed by atoms with van der Waals surface area (Å²) in [6, 6.07) is 9.66. The van der Waals surface area contributed by atoms with Crippen LogP contribution in [0.1, 0.15) is 18.2 Å². The van der Waals surface area contributed by atoms with Crippen molar-refractivity contribution < 1.29 is 9.15 Å². The Kier molecular flexibility index (Phi) is 4.59. The zero-order valence-electron chi connectivity index (χ0n) is 10.4. The number of benzene rings is 1. The molecule has 18 heavy (non-hydrogen) atoms. The highest BCUT2D eigenvalue weighted by Gasteiger charge is 2.05. The van der Waals surface area contributed by atoms with E-state index in [0.717, 1.165) is 34.3 Å². The van der Waals surface area contributed by atoms with Gasteiger partial charge in [-0.1, -0.05) is 0 Å². The normalized spacial score (nSPS) is 10.5. The molecule has 0 fully saturated rings. The van der Waals surface area contributed by atoms with Gasteiger partial charge in [0.1, 0.15) is 11.5 Å². The first kappa shape index (κ1) is 12.9. The molecule has 1 aromatic carbocycles. The molecule has 0 radical (unpaired) electrons. The first-order chi connectivity index (χ1) is 8.79. The molecule has 1 aromatic heterocycles. The summed E-state index contributed by atoms with van der Waals surface area (Å²) in [6.45, 7) is 2.65. The molecule has 0 bridgehead atoms. The van der Waals surface area contributed by atoms with Gasteiger partial charge in [0.2, 0.25) is 0 Å². The third-order valence-electron chi connectivity index (χ3n) is 2.47. The lowest BCUT2D eigenvalue weighted by Gasteiger charge is -2.10. The minimum atomic E-state index is 0.666. The fourth-order valence-corrected chi connectivity index (χ4v) is 2.58. The summed E-state index contributed by atoms with van der Waals surface area (Å²) in [5.74, 6) is 3.62. The smallest absolute Gasteiger partial charge is 0.123 e. The van der Waals surface area contributed by atoms with Crippen molar-refractivity contribution >= 4 is 17.4 Å². The van der Waals surface area contributed by atoms with Gasteiger partial charge in [-0.05, 0) is 37.3 Å². The summed E-state index contributed by atoms with van der Waals surface area (Å²) in [6.07, 6.45) is 1.70. The van der Waals surface area contributed by atoms with Crippen molar-refractivity contribution in [2.24, 2.45) is 0 Å². The molecule has 0 aliphatic rings. The molecule has 96 valence electrons. The van der Waals surface area contributed by atoms with Crippen LogP contribution in [0.3, 0.4) is 0 Å². The predicted molar refractivity (Wildman–Crippen MR) is 75.7 cm³/mol. The summed E-state index contributed by atoms with van der Waals surface area (Å²) in [5.41, 5.74) is 7.71. The standard InChI is InChI=1S/C14H17NO2S/c1-2-16-14-6-5-12(15)8-11(14)9-18-10-13-4-3-7-17-13/h3-8H,2,9-10,15H2,1H3. The number of furan rings is 1. The van der Waals surface area contributed by atoms with E-state index in [1.165, 1.54) is 0 Å². The van der Waals surface area contributed by atoms with E-state index in [2.05, 4.69) is 0 Å². The zero-order chi connectivity index (χ0) is 12.8. The highest BCUT2D eigenvalue weighted by molar-refractivity contribution is 7.97. The van der Waals surface area contributed by atoms with Gasteiger partial charge in [-0.3, -0.25) is 0 Å². The predicted octanol–water partition coefficient (Wildman–Crippen LogP) is 3.69. The second-order valence-corrected chi connectivity index (χ2v) is 4.86. The maximum atomic E-state index is 5.81. The Hall–Kier alpha value is -1.55. The number of nitrogens with two attached hydrogens (primary N) is 1. The summed E-state index contributed by atoms with van der Waals surface area (Å²) in [5, 5.41) is 0. The molecular weight excluding hydrogens is 246 g/mol. The number of hydrogen-bond acceptors (Lipinski definition) is 4. The number of rotatable bonds is 6. The Morgan fingerprint density at radius 1 is 1.28 bits per heavy atom. The molecule has 0 amide bonds. The summed E-state index contributed by atoms with van der Waals surface area (Å²) >= 11 is 1.78. The molecule has 4 heteroatoms. The second-order valence-electron chi connectivity index (χ2n) is 3.87. The summed E-state index contributed by atoms with van der Waals surface area (Å²) in [7, 11) is 0. The quantitative estimate of drug-likeness (QED) is 0.807. The minimum Gasteiger partial charge on any atom is -0.494 e. The van der Waals surface area contributed by atoms with Gasteiger partial charge in [0.15, 0.2) is 0 Å². The fourth-order valence-electron chi connectivity index (χ4n) is 1.66. The van der Waals surface area contributed by atoms with Gasteiger partial charge in [-0.25, -0.2) is 0 Å². The topological polar surface area (TPSA) is 48.4 Å². The van der Waals surface area contributed by atoms with Crippen LogP contribution in [0.5, 0.6) is 5.75 Å². The van der Waals surface area contributed by atoms with E-state index in [9.17, 15) is 0 Å². The Morgan fingerprint density at radius 3 is 2.89 bits per heavy atom. The number of thioether (sulfide) groups is 1. The van der Waals surface area contributed by atoms with Crippen molar-refractivity contribution in [1.82, 2.24) is 0 Å². The summed E-state index contributed by atoms with van der Waals surface area (Å²) < 4.78 is 10.9. The molecule has 2 rings (SSSR count). The molecule has 0 aliphatic heterocycles. The van der Waals surface area contributed by atoms with Gasteiger partial charge in [0.25, 0.3) is 0 Å². The van der Waals surface area contributed by atoms with E-state index in [4.69, 9.17) is 14.9 Å². The first-order valence-electron chi connectivity index (χ1n) is 5.91. The number of anilines is 1. The minimum absolute atomic E-state index is 0.666. The Morgan fingerprint density at radius 2 is 2.17 bits per heavy atom. The molecule has 2 N–H and O–H groups in total. The first-order valence-corrected chi connectivity index (χ1v) is 7.06. The van der Waals surface area contributed by atoms with Crippen molar-refractivity contribution in [2.45, 2.75) is 18.4 Å². The molecule has 0 spiro atoms. The van der Waals surface area contributed by atoms with E-state index in [-0.39, 0.29) is 0 Å². The molecule has 0 aliphatic carbocycles. The monoisotopic (exact) mass is 263 g/mol. The lowest BCUT2D eigenvalue weighted by Crippen LogP contribution is -1.97.